The molecule has 5 heteroatoms. The molecule has 0 aromatic heterocycles. The van der Waals surface area contributed by atoms with Crippen LogP contribution in [0.25, 0.3) is 0 Å². The molecule has 5 nitrogen and oxygen atoms in total. The highest BCUT2D eigenvalue weighted by atomic mass is 16.6. The van der Waals surface area contributed by atoms with Crippen molar-refractivity contribution < 1.29 is 24.1 Å². The molecule has 1 aromatic rings. The third-order valence-electron chi connectivity index (χ3n) is 10.9. The van der Waals surface area contributed by atoms with Crippen molar-refractivity contribution in [3.8, 4) is 5.75 Å². The predicted octanol–water partition coefficient (Wildman–Crippen LogP) is 6.23. The van der Waals surface area contributed by atoms with Gasteiger partial charge in [-0.2, -0.15) is 0 Å². The zero-order chi connectivity index (χ0) is 25.8. The molecule has 4 aliphatic rings. The van der Waals surface area contributed by atoms with Gasteiger partial charge in [-0.15, -0.1) is 0 Å². The Kier molecular flexibility index (Phi) is 6.67. The molecule has 1 aromatic carbocycles. The van der Waals surface area contributed by atoms with Crippen LogP contribution < -0.4 is 4.74 Å². The van der Waals surface area contributed by atoms with Gasteiger partial charge in [0, 0.05) is 25.4 Å². The first-order valence-corrected chi connectivity index (χ1v) is 13.9. The molecule has 0 aliphatic heterocycles. The van der Waals surface area contributed by atoms with Gasteiger partial charge < -0.3 is 19.3 Å². The highest BCUT2D eigenvalue weighted by Crippen LogP contribution is 2.68. The largest absolute Gasteiger partial charge is 0.494 e. The summed E-state index contributed by atoms with van der Waals surface area (Å²) in [4.78, 5) is 12.8. The second-order valence-electron chi connectivity index (χ2n) is 12.3. The quantitative estimate of drug-likeness (QED) is 0.358. The number of aliphatic hydroxyl groups is 1. The summed E-state index contributed by atoms with van der Waals surface area (Å²) in [6.07, 6.45) is 9.68. The van der Waals surface area contributed by atoms with Gasteiger partial charge in [0.2, 0.25) is 0 Å². The number of hydrogen-bond acceptors (Lipinski definition) is 5. The van der Waals surface area contributed by atoms with Crippen molar-refractivity contribution in [2.75, 3.05) is 13.7 Å². The molecule has 7 atom stereocenters. The molecule has 0 radical (unpaired) electrons. The third kappa shape index (κ3) is 3.88. The summed E-state index contributed by atoms with van der Waals surface area (Å²) in [7, 11) is 1.73. The van der Waals surface area contributed by atoms with Gasteiger partial charge in [-0.3, -0.25) is 4.79 Å². The summed E-state index contributed by atoms with van der Waals surface area (Å²) in [5.41, 5.74) is 1.78. The number of ketones is 1. The van der Waals surface area contributed by atoms with Crippen LogP contribution >= 0.6 is 0 Å². The van der Waals surface area contributed by atoms with Crippen LogP contribution in [0.4, 0.5) is 0 Å². The van der Waals surface area contributed by atoms with Crippen LogP contribution in [-0.2, 0) is 20.9 Å². The molecule has 3 saturated carbocycles. The fourth-order valence-corrected chi connectivity index (χ4v) is 8.86. The van der Waals surface area contributed by atoms with Gasteiger partial charge in [0.1, 0.15) is 11.4 Å². The van der Waals surface area contributed by atoms with Crippen molar-refractivity contribution >= 4 is 5.78 Å². The molecule has 36 heavy (non-hydrogen) atoms. The first-order valence-electron chi connectivity index (χ1n) is 13.9. The Balaban J connectivity index is 1.31. The van der Waals surface area contributed by atoms with Crippen molar-refractivity contribution in [1.29, 1.82) is 0 Å². The number of benzene rings is 1. The Bertz CT molecular complexity index is 1020. The minimum absolute atomic E-state index is 0.0906. The van der Waals surface area contributed by atoms with E-state index < -0.39 is 11.4 Å². The van der Waals surface area contributed by atoms with Crippen LogP contribution in [-0.4, -0.2) is 36.0 Å². The lowest BCUT2D eigenvalue weighted by Crippen LogP contribution is -2.58. The van der Waals surface area contributed by atoms with E-state index >= 15 is 0 Å². The number of ether oxygens (including phenoxy) is 3. The summed E-state index contributed by atoms with van der Waals surface area (Å²) in [5.74, 6) is 1.60. The van der Waals surface area contributed by atoms with Crippen molar-refractivity contribution in [2.45, 2.75) is 97.1 Å². The van der Waals surface area contributed by atoms with Gasteiger partial charge in [-0.05, 0) is 93.2 Å². The Morgan fingerprint density at radius 1 is 1.06 bits per heavy atom. The highest BCUT2D eigenvalue weighted by molar-refractivity contribution is 5.86. The number of Topliss-reactive ketones (excluding diaryl/α,β-unsaturated/α-hetero) is 1. The van der Waals surface area contributed by atoms with Crippen molar-refractivity contribution in [1.82, 2.24) is 0 Å². The maximum Gasteiger partial charge on any atom is 0.169 e. The SMILES string of the molecule is CCOc1ccc(COC2(O)CCC3(C)C(=CCC4C3CCC3(C)C4CCC3(OC)C(C)=O)C2)cc1. The number of hydrogen-bond donors (Lipinski definition) is 1. The zero-order valence-electron chi connectivity index (χ0n) is 22.8. The number of rotatable bonds is 7. The summed E-state index contributed by atoms with van der Waals surface area (Å²) in [5, 5.41) is 11.4. The van der Waals surface area contributed by atoms with E-state index in [1.54, 1.807) is 14.0 Å². The maximum absolute atomic E-state index is 12.8. The average molecular weight is 497 g/mol. The Morgan fingerprint density at radius 2 is 1.78 bits per heavy atom. The molecule has 0 heterocycles. The molecular weight excluding hydrogens is 452 g/mol. The van der Waals surface area contributed by atoms with Gasteiger partial charge in [-0.1, -0.05) is 37.6 Å². The average Bonchev–Trinajstić information content (AvgIpc) is 3.18. The van der Waals surface area contributed by atoms with Crippen molar-refractivity contribution in [3.05, 3.63) is 41.5 Å². The first kappa shape index (κ1) is 25.9. The second-order valence-corrected chi connectivity index (χ2v) is 12.3. The van der Waals surface area contributed by atoms with E-state index in [1.807, 2.05) is 31.2 Å². The maximum atomic E-state index is 12.8. The minimum atomic E-state index is -1.12. The molecule has 1 N–H and O–H groups in total. The zero-order valence-corrected chi connectivity index (χ0v) is 22.8. The first-order chi connectivity index (χ1) is 17.1. The lowest BCUT2D eigenvalue weighted by atomic mass is 9.46. The lowest BCUT2D eigenvalue weighted by Gasteiger charge is -2.59. The number of methoxy groups -OCH3 is 1. The summed E-state index contributed by atoms with van der Waals surface area (Å²) >= 11 is 0. The van der Waals surface area contributed by atoms with E-state index in [0.29, 0.717) is 43.8 Å². The number of carbonyl (C=O) groups is 1. The van der Waals surface area contributed by atoms with Crippen molar-refractivity contribution in [3.63, 3.8) is 0 Å². The molecule has 0 spiro atoms. The van der Waals surface area contributed by atoms with Crippen LogP contribution in [0.3, 0.4) is 0 Å². The summed E-state index contributed by atoms with van der Waals surface area (Å²) in [6, 6.07) is 7.93. The molecule has 5 rings (SSSR count). The minimum Gasteiger partial charge on any atom is -0.494 e. The monoisotopic (exact) mass is 496 g/mol. The Labute approximate surface area is 216 Å². The van der Waals surface area contributed by atoms with Crippen LogP contribution in [0.15, 0.2) is 35.9 Å². The van der Waals surface area contributed by atoms with Crippen LogP contribution in [0, 0.1) is 28.6 Å². The standard InChI is InChI=1S/C31H44O5/c1-6-35-24-10-7-22(8-11-24)20-36-30(33)18-17-28(3)23(19-30)9-12-25-26(28)13-15-29(4)27(25)14-16-31(29,34-5)21(2)32/h7-11,25-27,33H,6,12-20H2,1-5H3. The number of allylic oxidation sites excluding steroid dienone is 1. The van der Waals surface area contributed by atoms with Gasteiger partial charge in [0.15, 0.2) is 11.6 Å². The van der Waals surface area contributed by atoms with Gasteiger partial charge >= 0.3 is 0 Å². The molecule has 0 saturated heterocycles. The lowest BCUT2D eigenvalue weighted by molar-refractivity contribution is -0.232. The summed E-state index contributed by atoms with van der Waals surface area (Å²) < 4.78 is 17.7. The molecule has 7 unspecified atom stereocenters. The van der Waals surface area contributed by atoms with E-state index in [-0.39, 0.29) is 16.6 Å². The smallest absolute Gasteiger partial charge is 0.169 e. The van der Waals surface area contributed by atoms with Gasteiger partial charge in [0.25, 0.3) is 0 Å². The number of fused-ring (bicyclic) bond motifs is 5. The third-order valence-corrected chi connectivity index (χ3v) is 10.9. The van der Waals surface area contributed by atoms with Crippen LogP contribution in [0.5, 0.6) is 5.75 Å². The summed E-state index contributed by atoms with van der Waals surface area (Å²) in [6.45, 7) is 9.48. The fourth-order valence-electron chi connectivity index (χ4n) is 8.86. The predicted molar refractivity (Wildman–Crippen MR) is 139 cm³/mol. The molecule has 198 valence electrons. The van der Waals surface area contributed by atoms with E-state index in [1.165, 1.54) is 5.57 Å². The molecule has 0 amide bonds. The van der Waals surface area contributed by atoms with Crippen LogP contribution in [0.2, 0.25) is 0 Å². The topological polar surface area (TPSA) is 65.0 Å². The number of carbonyl (C=O) groups excluding carboxylic acids is 1. The second kappa shape index (κ2) is 9.25. The Hall–Kier alpha value is -1.69. The normalized spacial score (nSPS) is 41.6. The van der Waals surface area contributed by atoms with Gasteiger partial charge in [0.05, 0.1) is 13.2 Å². The Morgan fingerprint density at radius 3 is 2.44 bits per heavy atom. The molecule has 3 fully saturated rings. The van der Waals surface area contributed by atoms with E-state index in [4.69, 9.17) is 14.2 Å². The van der Waals surface area contributed by atoms with Crippen LogP contribution in [0.1, 0.15) is 84.6 Å². The fraction of sp³-hybridized carbons (Fsp3) is 0.710. The van der Waals surface area contributed by atoms with E-state index in [9.17, 15) is 9.90 Å². The molecular formula is C31H44O5. The van der Waals surface area contributed by atoms with Gasteiger partial charge in [-0.25, -0.2) is 0 Å². The molecule has 0 bridgehead atoms. The van der Waals surface area contributed by atoms with E-state index in [2.05, 4.69) is 19.9 Å². The molecule has 4 aliphatic carbocycles. The van der Waals surface area contributed by atoms with Crippen molar-refractivity contribution in [2.24, 2.45) is 28.6 Å². The highest BCUT2D eigenvalue weighted by Gasteiger charge is 2.66. The van der Waals surface area contributed by atoms with E-state index in [0.717, 1.165) is 49.8 Å².